The fourth-order valence-corrected chi connectivity index (χ4v) is 3.77. The van der Waals surface area contributed by atoms with Gasteiger partial charge in [-0.3, -0.25) is 4.79 Å². The second kappa shape index (κ2) is 10.1. The van der Waals surface area contributed by atoms with Gasteiger partial charge < -0.3 is 15.5 Å². The highest BCUT2D eigenvalue weighted by atomic mass is 16.2. The van der Waals surface area contributed by atoms with Gasteiger partial charge in [0.15, 0.2) is 0 Å². The highest BCUT2D eigenvalue weighted by molar-refractivity contribution is 5.89. The largest absolute Gasteiger partial charge is 0.352 e. The van der Waals surface area contributed by atoms with Crippen molar-refractivity contribution in [2.24, 2.45) is 5.92 Å². The predicted octanol–water partition coefficient (Wildman–Crippen LogP) is 4.64. The van der Waals surface area contributed by atoms with E-state index in [4.69, 9.17) is 0 Å². The van der Waals surface area contributed by atoms with Crippen molar-refractivity contribution in [1.82, 2.24) is 10.2 Å². The summed E-state index contributed by atoms with van der Waals surface area (Å²) in [4.78, 5) is 26.7. The molecular formula is C24H31N3O2. The van der Waals surface area contributed by atoms with Crippen LogP contribution in [0.25, 0.3) is 0 Å². The van der Waals surface area contributed by atoms with Crippen LogP contribution in [0.5, 0.6) is 0 Å². The Hall–Kier alpha value is -2.82. The standard InChI is InChI=1S/C24H31N3O2/c1-18-8-11-22(12-9-18)26-24(29)27-14-4-7-20(17-27)10-13-23(28)25-16-21-6-3-5-19(2)15-21/h3,5-6,8-9,11-12,15,20H,4,7,10,13-14,16-17H2,1-2H3,(H,25,28)(H,26,29). The average molecular weight is 394 g/mol. The number of amides is 3. The van der Waals surface area contributed by atoms with Crippen LogP contribution in [0, 0.1) is 19.8 Å². The molecule has 0 spiro atoms. The normalized spacial score (nSPS) is 16.3. The SMILES string of the molecule is Cc1ccc(NC(=O)N2CCCC(CCC(=O)NCc3cccc(C)c3)C2)cc1. The molecule has 1 unspecified atom stereocenters. The first-order valence-electron chi connectivity index (χ1n) is 10.4. The Balaban J connectivity index is 1.41. The molecule has 3 rings (SSSR count). The first-order chi connectivity index (χ1) is 14.0. The molecule has 154 valence electrons. The maximum absolute atomic E-state index is 12.6. The third-order valence-electron chi connectivity index (χ3n) is 5.46. The minimum Gasteiger partial charge on any atom is -0.352 e. The average Bonchev–Trinajstić information content (AvgIpc) is 2.72. The lowest BCUT2D eigenvalue weighted by Gasteiger charge is -2.32. The van der Waals surface area contributed by atoms with Gasteiger partial charge in [0.1, 0.15) is 0 Å². The molecule has 1 atom stereocenters. The van der Waals surface area contributed by atoms with Crippen molar-refractivity contribution in [3.63, 3.8) is 0 Å². The van der Waals surface area contributed by atoms with Crippen LogP contribution < -0.4 is 10.6 Å². The third-order valence-corrected chi connectivity index (χ3v) is 5.46. The van der Waals surface area contributed by atoms with Crippen molar-refractivity contribution >= 4 is 17.6 Å². The number of carbonyl (C=O) groups excluding carboxylic acids is 2. The second-order valence-corrected chi connectivity index (χ2v) is 8.05. The molecule has 1 fully saturated rings. The minimum atomic E-state index is -0.0533. The van der Waals surface area contributed by atoms with Crippen molar-refractivity contribution in [3.05, 3.63) is 65.2 Å². The molecule has 2 aromatic rings. The number of carbonyl (C=O) groups is 2. The molecule has 0 aliphatic carbocycles. The van der Waals surface area contributed by atoms with Crippen molar-refractivity contribution in [3.8, 4) is 0 Å². The number of piperidine rings is 1. The molecule has 1 aliphatic heterocycles. The molecule has 0 bridgehead atoms. The summed E-state index contributed by atoms with van der Waals surface area (Å²) in [6, 6.07) is 16.0. The minimum absolute atomic E-state index is 0.0533. The number of hydrogen-bond donors (Lipinski definition) is 2. The van der Waals surface area contributed by atoms with E-state index in [9.17, 15) is 9.59 Å². The van der Waals surface area contributed by atoms with E-state index in [1.54, 1.807) is 0 Å². The molecule has 1 saturated heterocycles. The van der Waals surface area contributed by atoms with Crippen LogP contribution in [0.4, 0.5) is 10.5 Å². The van der Waals surface area contributed by atoms with E-state index >= 15 is 0 Å². The number of hydrogen-bond acceptors (Lipinski definition) is 2. The van der Waals surface area contributed by atoms with Gasteiger partial charge in [0.2, 0.25) is 5.91 Å². The van der Waals surface area contributed by atoms with Gasteiger partial charge in [-0.05, 0) is 56.7 Å². The van der Waals surface area contributed by atoms with Crippen molar-refractivity contribution < 1.29 is 9.59 Å². The lowest BCUT2D eigenvalue weighted by atomic mass is 9.93. The number of anilines is 1. The number of rotatable bonds is 6. The van der Waals surface area contributed by atoms with E-state index in [0.717, 1.165) is 37.1 Å². The van der Waals surface area contributed by atoms with Crippen LogP contribution in [-0.4, -0.2) is 29.9 Å². The lowest BCUT2D eigenvalue weighted by molar-refractivity contribution is -0.121. The molecule has 1 heterocycles. The third kappa shape index (κ3) is 6.63. The number of nitrogens with zero attached hydrogens (tertiary/aromatic N) is 1. The van der Waals surface area contributed by atoms with Crippen LogP contribution in [-0.2, 0) is 11.3 Å². The molecular weight excluding hydrogens is 362 g/mol. The number of nitrogens with one attached hydrogen (secondary N) is 2. The van der Waals surface area contributed by atoms with Gasteiger partial charge in [-0.25, -0.2) is 4.79 Å². The molecule has 2 aromatic carbocycles. The zero-order valence-electron chi connectivity index (χ0n) is 17.4. The van der Waals surface area contributed by atoms with Gasteiger partial charge in [-0.2, -0.15) is 0 Å². The van der Waals surface area contributed by atoms with E-state index < -0.39 is 0 Å². The summed E-state index contributed by atoms with van der Waals surface area (Å²) >= 11 is 0. The van der Waals surface area contributed by atoms with Crippen LogP contribution >= 0.6 is 0 Å². The van der Waals surface area contributed by atoms with Gasteiger partial charge >= 0.3 is 6.03 Å². The Morgan fingerprint density at radius 3 is 2.62 bits per heavy atom. The van der Waals surface area contributed by atoms with Crippen LogP contribution in [0.15, 0.2) is 48.5 Å². The number of urea groups is 1. The molecule has 0 aromatic heterocycles. The van der Waals surface area contributed by atoms with E-state index in [1.807, 2.05) is 48.2 Å². The fraction of sp³-hybridized carbons (Fsp3) is 0.417. The molecule has 5 nitrogen and oxygen atoms in total. The summed E-state index contributed by atoms with van der Waals surface area (Å²) in [6.07, 6.45) is 3.37. The quantitative estimate of drug-likeness (QED) is 0.751. The first kappa shape index (κ1) is 20.9. The second-order valence-electron chi connectivity index (χ2n) is 8.05. The van der Waals surface area contributed by atoms with Crippen molar-refractivity contribution in [2.75, 3.05) is 18.4 Å². The molecule has 1 aliphatic rings. The molecule has 0 radical (unpaired) electrons. The Morgan fingerprint density at radius 2 is 1.86 bits per heavy atom. The van der Waals surface area contributed by atoms with E-state index in [2.05, 4.69) is 29.7 Å². The van der Waals surface area contributed by atoms with E-state index in [-0.39, 0.29) is 11.9 Å². The molecule has 0 saturated carbocycles. The van der Waals surface area contributed by atoms with Gasteiger partial charge in [-0.1, -0.05) is 47.5 Å². The summed E-state index contributed by atoms with van der Waals surface area (Å²) in [7, 11) is 0. The monoisotopic (exact) mass is 393 g/mol. The molecule has 3 amide bonds. The summed E-state index contributed by atoms with van der Waals surface area (Å²) in [5, 5.41) is 5.98. The Morgan fingerprint density at radius 1 is 1.07 bits per heavy atom. The van der Waals surface area contributed by atoms with Crippen molar-refractivity contribution in [2.45, 2.75) is 46.1 Å². The number of likely N-dealkylation sites (tertiary alicyclic amines) is 1. The summed E-state index contributed by atoms with van der Waals surface area (Å²) < 4.78 is 0. The Labute approximate surface area is 173 Å². The van der Waals surface area contributed by atoms with Crippen LogP contribution in [0.3, 0.4) is 0 Å². The van der Waals surface area contributed by atoms with E-state index in [1.165, 1.54) is 11.1 Å². The zero-order valence-corrected chi connectivity index (χ0v) is 17.4. The van der Waals surface area contributed by atoms with Gasteiger partial charge in [0.25, 0.3) is 0 Å². The summed E-state index contributed by atoms with van der Waals surface area (Å²) in [5.74, 6) is 0.449. The van der Waals surface area contributed by atoms with Gasteiger partial charge in [-0.15, -0.1) is 0 Å². The predicted molar refractivity (Wildman–Crippen MR) is 117 cm³/mol. The smallest absolute Gasteiger partial charge is 0.321 e. The summed E-state index contributed by atoms with van der Waals surface area (Å²) in [5.41, 5.74) is 4.30. The van der Waals surface area contributed by atoms with E-state index in [0.29, 0.717) is 25.4 Å². The Bertz CT molecular complexity index is 832. The van der Waals surface area contributed by atoms with Crippen molar-refractivity contribution in [1.29, 1.82) is 0 Å². The maximum atomic E-state index is 12.6. The molecule has 29 heavy (non-hydrogen) atoms. The highest BCUT2D eigenvalue weighted by Crippen LogP contribution is 2.22. The zero-order chi connectivity index (χ0) is 20.6. The Kier molecular flexibility index (Phi) is 7.28. The van der Waals surface area contributed by atoms with Gasteiger partial charge in [0, 0.05) is 31.7 Å². The number of benzene rings is 2. The molecule has 5 heteroatoms. The summed E-state index contributed by atoms with van der Waals surface area (Å²) in [6.45, 7) is 6.12. The highest BCUT2D eigenvalue weighted by Gasteiger charge is 2.24. The topological polar surface area (TPSA) is 61.4 Å². The van der Waals surface area contributed by atoms with Crippen LogP contribution in [0.1, 0.15) is 42.4 Å². The van der Waals surface area contributed by atoms with Gasteiger partial charge in [0.05, 0.1) is 0 Å². The number of aryl methyl sites for hydroxylation is 2. The lowest BCUT2D eigenvalue weighted by Crippen LogP contribution is -2.42. The maximum Gasteiger partial charge on any atom is 0.321 e. The first-order valence-corrected chi connectivity index (χ1v) is 10.4. The fourth-order valence-electron chi connectivity index (χ4n) is 3.77. The molecule has 2 N–H and O–H groups in total. The van der Waals surface area contributed by atoms with Crippen LogP contribution in [0.2, 0.25) is 0 Å².